The van der Waals surface area contributed by atoms with E-state index in [2.05, 4.69) is 60.6 Å². The summed E-state index contributed by atoms with van der Waals surface area (Å²) in [5.41, 5.74) is -1.86. The zero-order chi connectivity index (χ0) is 52.7. The molecule has 9 fully saturated rings. The quantitative estimate of drug-likeness (QED) is 0.0894. The van der Waals surface area contributed by atoms with E-state index in [1.165, 1.54) is 0 Å². The number of hydrogen-bond donors (Lipinski definition) is 12. The van der Waals surface area contributed by atoms with E-state index in [1.807, 2.05) is 0 Å². The summed E-state index contributed by atoms with van der Waals surface area (Å²) >= 11 is 0. The third kappa shape index (κ3) is 8.34. The number of hydrogen-bond acceptors (Lipinski definition) is 21. The molecule has 28 atom stereocenters. The molecule has 10 rings (SSSR count). The summed E-state index contributed by atoms with van der Waals surface area (Å²) in [4.78, 5) is 0. The van der Waals surface area contributed by atoms with Gasteiger partial charge in [0.25, 0.3) is 0 Å². The highest BCUT2D eigenvalue weighted by Gasteiger charge is 2.79. The lowest BCUT2D eigenvalue weighted by Gasteiger charge is -2.73. The van der Waals surface area contributed by atoms with Crippen LogP contribution < -0.4 is 0 Å². The van der Waals surface area contributed by atoms with E-state index in [9.17, 15) is 61.3 Å². The summed E-state index contributed by atoms with van der Waals surface area (Å²) in [5.74, 6) is 0.481. The lowest BCUT2D eigenvalue weighted by Crippen LogP contribution is -2.72. The van der Waals surface area contributed by atoms with Gasteiger partial charge in [-0.05, 0) is 84.9 Å². The van der Waals surface area contributed by atoms with E-state index in [1.54, 1.807) is 0 Å². The molecule has 0 amide bonds. The maximum absolute atomic E-state index is 12.3. The average molecular weight is 1050 g/mol. The van der Waals surface area contributed by atoms with Crippen molar-refractivity contribution in [1.82, 2.24) is 0 Å². The molecular formula is C52H84O21. The molecule has 0 aromatic heterocycles. The maximum Gasteiger partial charge on any atom is 0.187 e. The monoisotopic (exact) mass is 1040 g/mol. The molecule has 5 heterocycles. The van der Waals surface area contributed by atoms with Crippen molar-refractivity contribution in [3.8, 4) is 0 Å². The van der Waals surface area contributed by atoms with Gasteiger partial charge in [0.15, 0.2) is 25.2 Å². The maximum atomic E-state index is 12.3. The van der Waals surface area contributed by atoms with Crippen LogP contribution in [0.5, 0.6) is 0 Å². The second kappa shape index (κ2) is 19.3. The number of aliphatic hydroxyl groups is 12. The normalized spacial score (nSPS) is 57.3. The minimum Gasteiger partial charge on any atom is -0.394 e. The number of rotatable bonds is 10. The van der Waals surface area contributed by atoms with E-state index in [-0.39, 0.29) is 44.8 Å². The molecule has 0 aromatic carbocycles. The van der Waals surface area contributed by atoms with Crippen LogP contribution in [0, 0.1) is 50.2 Å². The Labute approximate surface area is 426 Å². The highest BCUT2D eigenvalue weighted by atomic mass is 16.8. The molecule has 0 radical (unpaired) electrons. The fraction of sp³-hybridized carbons (Fsp3) is 0.962. The van der Waals surface area contributed by atoms with Gasteiger partial charge in [0.2, 0.25) is 0 Å². The Morgan fingerprint density at radius 1 is 0.562 bits per heavy atom. The number of allylic oxidation sites excluding steroid dienone is 1. The largest absolute Gasteiger partial charge is 0.394 e. The third-order valence-corrected chi connectivity index (χ3v) is 21.3. The molecule has 3 unspecified atom stereocenters. The third-order valence-electron chi connectivity index (χ3n) is 21.3. The van der Waals surface area contributed by atoms with Crippen molar-refractivity contribution < 1.29 is 104 Å². The van der Waals surface area contributed by atoms with Gasteiger partial charge in [0, 0.05) is 16.7 Å². The highest BCUT2D eigenvalue weighted by molar-refractivity contribution is 5.36. The lowest BCUT2D eigenvalue weighted by atomic mass is 9.32. The lowest BCUT2D eigenvalue weighted by molar-refractivity contribution is -0.392. The van der Waals surface area contributed by atoms with Crippen LogP contribution in [0.1, 0.15) is 99.8 Å². The first-order valence-corrected chi connectivity index (χ1v) is 26.8. The molecule has 12 N–H and O–H groups in total. The number of ether oxygens (including phenoxy) is 9. The van der Waals surface area contributed by atoms with Gasteiger partial charge in [0.05, 0.1) is 50.8 Å². The van der Waals surface area contributed by atoms with Gasteiger partial charge in [-0.1, -0.05) is 60.6 Å². The SMILES string of the molecule is CC1(C)CC[C@]23CO[C@@]4(C=CC5[C@@]6(C)CC[C@H](O[C@@H]7OC[C@H](O[C@@H]8O[C@H](CO)[C@@H](O)[C@H](O)[C@H]8O[C@@H]8OC[C@@H](O)[C@H](O)[C@H]8O)[C@H](O)[C@H]7O[C@@H]7O[C@H](CO)[C@@H](O)[C@H](O)[C@H]7O)C(C)(C)C6CC[C@@]5(C)[C@]4(C)C[C@H]2O)C3C1. The minimum atomic E-state index is -1.88. The predicted octanol–water partition coefficient (Wildman–Crippen LogP) is -1.30. The van der Waals surface area contributed by atoms with E-state index in [0.29, 0.717) is 19.4 Å². The fourth-order valence-corrected chi connectivity index (χ4v) is 16.7. The Bertz CT molecular complexity index is 2010. The van der Waals surface area contributed by atoms with Crippen LogP contribution >= 0.6 is 0 Å². The van der Waals surface area contributed by atoms with Crippen LogP contribution in [0.3, 0.4) is 0 Å². The summed E-state index contributed by atoms with van der Waals surface area (Å²) in [6.07, 6.45) is -19.0. The van der Waals surface area contributed by atoms with Gasteiger partial charge in [0.1, 0.15) is 85.5 Å². The van der Waals surface area contributed by atoms with Crippen LogP contribution in [-0.2, 0) is 42.6 Å². The van der Waals surface area contributed by atoms with Crippen molar-refractivity contribution in [3.05, 3.63) is 12.2 Å². The van der Waals surface area contributed by atoms with Crippen molar-refractivity contribution in [1.29, 1.82) is 0 Å². The Balaban J connectivity index is 0.911. The molecule has 21 heteroatoms. The van der Waals surface area contributed by atoms with Crippen LogP contribution in [0.4, 0.5) is 0 Å². The molecule has 4 saturated carbocycles. The average Bonchev–Trinajstić information content (AvgIpc) is 3.62. The standard InChI is InChI=1S/C52H84O21/c1-46(2)14-15-51-22-67-52(29(51)16-46)13-9-28-48(5)11-10-31(47(3,4)27(48)8-12-49(28,6)50(52,7)17-30(51)56)71-44-40(73-43-39(64)36(61)33(58)24(18-53)68-43)35(60)26(21-66-44)70-45-41(37(62)34(59)25(19-54)69-45)72-42-38(63)32(57)23(55)20-65-42/h9,13,23-45,53-64H,8,10-12,14-22H2,1-7H3/t23-,24-,25-,26+,27?,28?,29?,30-,31+,32+,33-,34-,35+,36+,37+,38-,39-,40-,41-,42+,43+,44+,45+,48+,49-,50+,51-,52+/m1/s1. The molecule has 0 aromatic rings. The second-order valence-electron chi connectivity index (χ2n) is 25.8. The summed E-state index contributed by atoms with van der Waals surface area (Å²) < 4.78 is 55.9. The van der Waals surface area contributed by atoms with E-state index in [4.69, 9.17) is 42.6 Å². The van der Waals surface area contributed by atoms with Crippen molar-refractivity contribution >= 4 is 0 Å². The topological polar surface area (TPSA) is 326 Å². The van der Waals surface area contributed by atoms with Gasteiger partial charge in [-0.2, -0.15) is 0 Å². The molecule has 418 valence electrons. The first-order valence-electron chi connectivity index (χ1n) is 26.8. The van der Waals surface area contributed by atoms with Crippen LogP contribution in [0.15, 0.2) is 12.2 Å². The Morgan fingerprint density at radius 2 is 1.19 bits per heavy atom. The van der Waals surface area contributed by atoms with Gasteiger partial charge < -0.3 is 104 Å². The zero-order valence-corrected chi connectivity index (χ0v) is 43.2. The summed E-state index contributed by atoms with van der Waals surface area (Å²) in [5, 5.41) is 130. The second-order valence-corrected chi connectivity index (χ2v) is 25.8. The van der Waals surface area contributed by atoms with Gasteiger partial charge in [-0.25, -0.2) is 0 Å². The molecule has 5 aliphatic heterocycles. The van der Waals surface area contributed by atoms with Gasteiger partial charge in [-0.3, -0.25) is 0 Å². The summed E-state index contributed by atoms with van der Waals surface area (Å²) in [6, 6.07) is 0. The molecular weight excluding hydrogens is 961 g/mol. The number of fused-ring (bicyclic) bond motifs is 4. The van der Waals surface area contributed by atoms with Crippen molar-refractivity contribution in [2.75, 3.05) is 33.0 Å². The Morgan fingerprint density at radius 3 is 1.89 bits per heavy atom. The van der Waals surface area contributed by atoms with E-state index >= 15 is 0 Å². The Kier molecular flexibility index (Phi) is 14.6. The van der Waals surface area contributed by atoms with E-state index < -0.39 is 160 Å². The van der Waals surface area contributed by atoms with Crippen molar-refractivity contribution in [2.24, 2.45) is 50.2 Å². The minimum absolute atomic E-state index is 0.122. The van der Waals surface area contributed by atoms with Crippen LogP contribution in [0.2, 0.25) is 0 Å². The number of aliphatic hydroxyl groups excluding tert-OH is 12. The van der Waals surface area contributed by atoms with Gasteiger partial charge >= 0.3 is 0 Å². The van der Waals surface area contributed by atoms with E-state index in [0.717, 1.165) is 38.5 Å². The van der Waals surface area contributed by atoms with Crippen LogP contribution in [0.25, 0.3) is 0 Å². The zero-order valence-electron chi connectivity index (χ0n) is 43.2. The molecule has 10 aliphatic rings. The molecule has 5 aliphatic carbocycles. The van der Waals surface area contributed by atoms with Crippen molar-refractivity contribution in [3.63, 3.8) is 0 Å². The van der Waals surface area contributed by atoms with Crippen LogP contribution in [-0.4, -0.2) is 223 Å². The highest BCUT2D eigenvalue weighted by Crippen LogP contribution is 2.79. The Hall–Kier alpha value is -1.10. The summed E-state index contributed by atoms with van der Waals surface area (Å²) in [6.45, 7) is 14.5. The summed E-state index contributed by atoms with van der Waals surface area (Å²) in [7, 11) is 0. The van der Waals surface area contributed by atoms with Crippen molar-refractivity contribution in [2.45, 2.75) is 228 Å². The predicted molar refractivity (Wildman–Crippen MR) is 250 cm³/mol. The molecule has 5 saturated heterocycles. The smallest absolute Gasteiger partial charge is 0.187 e. The molecule has 2 bridgehead atoms. The molecule has 1 spiro atoms. The first kappa shape index (κ1) is 55.2. The fourth-order valence-electron chi connectivity index (χ4n) is 16.7. The molecule has 21 nitrogen and oxygen atoms in total. The molecule has 73 heavy (non-hydrogen) atoms. The van der Waals surface area contributed by atoms with Gasteiger partial charge in [-0.15, -0.1) is 0 Å². The first-order chi connectivity index (χ1) is 34.2.